The Morgan fingerprint density at radius 1 is 0.587 bits per heavy atom. The van der Waals surface area contributed by atoms with Crippen LogP contribution >= 0.6 is 0 Å². The number of rotatable bonds is 48. The SMILES string of the molecule is CCCCCCCCCCCOC(=O)CCCCCN(CCCCCCCC(=O)OC(CCCCCCCC)CCCCCCCC)CC(CO)CCCCNC(=O)c1cc[nH]c1. The number of hydrogen-bond acceptors (Lipinski definition) is 7. The molecule has 63 heavy (non-hydrogen) atoms. The van der Waals surface area contributed by atoms with Gasteiger partial charge in [0, 0.05) is 44.9 Å². The van der Waals surface area contributed by atoms with Gasteiger partial charge in [0.15, 0.2) is 0 Å². The molecule has 0 aromatic carbocycles. The number of ether oxygens (including phenoxy) is 2. The number of nitrogens with zero attached hydrogens (tertiary/aromatic N) is 1. The maximum Gasteiger partial charge on any atom is 0.306 e. The molecule has 1 aromatic rings. The number of esters is 2. The minimum atomic E-state index is -0.0644. The molecule has 0 saturated heterocycles. The molecule has 0 spiro atoms. The van der Waals surface area contributed by atoms with E-state index in [2.05, 4.69) is 36.0 Å². The van der Waals surface area contributed by atoms with Gasteiger partial charge in [-0.05, 0) is 95.7 Å². The molecule has 0 fully saturated rings. The van der Waals surface area contributed by atoms with Crippen LogP contribution < -0.4 is 5.32 Å². The van der Waals surface area contributed by atoms with Gasteiger partial charge in [-0.3, -0.25) is 14.4 Å². The third-order valence-electron chi connectivity index (χ3n) is 12.7. The van der Waals surface area contributed by atoms with Crippen LogP contribution in [0.3, 0.4) is 0 Å². The Balaban J connectivity index is 2.44. The van der Waals surface area contributed by atoms with Gasteiger partial charge in [-0.25, -0.2) is 0 Å². The Labute approximate surface area is 388 Å². The zero-order valence-corrected chi connectivity index (χ0v) is 41.5. The third-order valence-corrected chi connectivity index (χ3v) is 12.7. The predicted molar refractivity (Wildman–Crippen MR) is 264 cm³/mol. The van der Waals surface area contributed by atoms with Crippen molar-refractivity contribution in [2.24, 2.45) is 5.92 Å². The Morgan fingerprint density at radius 3 is 1.60 bits per heavy atom. The van der Waals surface area contributed by atoms with Gasteiger partial charge < -0.3 is 29.8 Å². The second-order valence-corrected chi connectivity index (χ2v) is 18.8. The molecule has 368 valence electrons. The zero-order valence-electron chi connectivity index (χ0n) is 41.5. The summed E-state index contributed by atoms with van der Waals surface area (Å²) in [6.07, 6.45) is 44.0. The molecule has 1 rings (SSSR count). The van der Waals surface area contributed by atoms with E-state index < -0.39 is 0 Å². The fourth-order valence-corrected chi connectivity index (χ4v) is 8.63. The number of unbranched alkanes of at least 4 members (excludes halogenated alkanes) is 25. The smallest absolute Gasteiger partial charge is 0.306 e. The van der Waals surface area contributed by atoms with Crippen LogP contribution in [0.1, 0.15) is 262 Å². The van der Waals surface area contributed by atoms with Gasteiger partial charge in [-0.15, -0.1) is 0 Å². The molecule has 9 nitrogen and oxygen atoms in total. The summed E-state index contributed by atoms with van der Waals surface area (Å²) in [5.74, 6) is 0.0662. The standard InChI is InChI=1S/C54H101N3O6/c1-4-7-10-13-16-17-18-24-34-45-62-52(59)38-29-25-33-44-57(47-49(48-58)35-30-31-41-56-54(61)50-40-42-55-46-50)43-32-23-19-22-28-39-53(60)63-51(36-26-20-14-11-8-5-2)37-27-21-15-12-9-6-3/h40,42,46,49,51,55,58H,4-39,41,43-45,47-48H2,1-3H3,(H,56,61). The van der Waals surface area contributed by atoms with Crippen LogP contribution in [-0.4, -0.2) is 78.3 Å². The summed E-state index contributed by atoms with van der Waals surface area (Å²) in [5.41, 5.74) is 0.647. The number of carbonyl (C=O) groups is 3. The fourth-order valence-electron chi connectivity index (χ4n) is 8.63. The first-order valence-electron chi connectivity index (χ1n) is 27.0. The number of aliphatic hydroxyl groups excluding tert-OH is 1. The molecule has 0 radical (unpaired) electrons. The highest BCUT2D eigenvalue weighted by atomic mass is 16.5. The van der Waals surface area contributed by atoms with E-state index in [1.165, 1.54) is 109 Å². The third kappa shape index (κ3) is 37.5. The molecule has 1 amide bonds. The highest BCUT2D eigenvalue weighted by molar-refractivity contribution is 5.93. The van der Waals surface area contributed by atoms with Crippen molar-refractivity contribution in [2.45, 2.75) is 258 Å². The summed E-state index contributed by atoms with van der Waals surface area (Å²) in [4.78, 5) is 43.0. The Hall–Kier alpha value is -2.39. The molecular weight excluding hydrogens is 787 g/mol. The normalized spacial score (nSPS) is 12.0. The lowest BCUT2D eigenvalue weighted by atomic mass is 10.0. The van der Waals surface area contributed by atoms with Gasteiger partial charge >= 0.3 is 11.9 Å². The number of amides is 1. The van der Waals surface area contributed by atoms with E-state index in [9.17, 15) is 19.5 Å². The average Bonchev–Trinajstić information content (AvgIpc) is 3.83. The van der Waals surface area contributed by atoms with Crippen LogP contribution in [0.4, 0.5) is 0 Å². The monoisotopic (exact) mass is 888 g/mol. The highest BCUT2D eigenvalue weighted by Gasteiger charge is 2.16. The number of carbonyl (C=O) groups excluding carboxylic acids is 3. The van der Waals surface area contributed by atoms with E-state index in [0.717, 1.165) is 129 Å². The lowest BCUT2D eigenvalue weighted by Crippen LogP contribution is -2.33. The quantitative estimate of drug-likeness (QED) is 0.0440. The molecule has 3 N–H and O–H groups in total. The van der Waals surface area contributed by atoms with Crippen molar-refractivity contribution in [1.82, 2.24) is 15.2 Å². The average molecular weight is 888 g/mol. The number of aromatic amines is 1. The van der Waals surface area contributed by atoms with Gasteiger partial charge in [0.25, 0.3) is 5.91 Å². The number of aromatic nitrogens is 1. The van der Waals surface area contributed by atoms with Gasteiger partial charge in [-0.1, -0.05) is 168 Å². The van der Waals surface area contributed by atoms with Crippen LogP contribution in [0.2, 0.25) is 0 Å². The maximum atomic E-state index is 12.9. The molecule has 9 heteroatoms. The Bertz CT molecular complexity index is 1130. The number of hydrogen-bond donors (Lipinski definition) is 3. The minimum Gasteiger partial charge on any atom is -0.466 e. The van der Waals surface area contributed by atoms with Gasteiger partial charge in [-0.2, -0.15) is 0 Å². The predicted octanol–water partition coefficient (Wildman–Crippen LogP) is 14.2. The molecule has 0 bridgehead atoms. The van der Waals surface area contributed by atoms with E-state index in [4.69, 9.17) is 9.47 Å². The maximum absolute atomic E-state index is 12.9. The first kappa shape index (κ1) is 58.6. The minimum absolute atomic E-state index is 0.00621. The second kappa shape index (κ2) is 44.8. The molecule has 0 aliphatic carbocycles. The largest absolute Gasteiger partial charge is 0.466 e. The van der Waals surface area contributed by atoms with E-state index in [-0.39, 0.29) is 36.5 Å². The Morgan fingerprint density at radius 2 is 1.06 bits per heavy atom. The van der Waals surface area contributed by atoms with Crippen LogP contribution in [0.5, 0.6) is 0 Å². The van der Waals surface area contributed by atoms with Crippen LogP contribution in [-0.2, 0) is 19.1 Å². The molecule has 0 aliphatic heterocycles. The fraction of sp³-hybridized carbons (Fsp3) is 0.870. The van der Waals surface area contributed by atoms with Gasteiger partial charge in [0.2, 0.25) is 0 Å². The van der Waals surface area contributed by atoms with Crippen molar-refractivity contribution in [2.75, 3.05) is 39.4 Å². The summed E-state index contributed by atoms with van der Waals surface area (Å²) in [6, 6.07) is 1.78. The number of aliphatic hydroxyl groups is 1. The van der Waals surface area contributed by atoms with Gasteiger partial charge in [0.05, 0.1) is 12.2 Å². The van der Waals surface area contributed by atoms with Crippen LogP contribution in [0, 0.1) is 5.92 Å². The molecular formula is C54H101N3O6. The van der Waals surface area contributed by atoms with Crippen molar-refractivity contribution in [3.05, 3.63) is 24.0 Å². The lowest BCUT2D eigenvalue weighted by Gasteiger charge is -2.27. The van der Waals surface area contributed by atoms with Crippen molar-refractivity contribution < 1.29 is 29.0 Å². The Kier molecular flexibility index (Phi) is 41.7. The molecule has 0 aliphatic rings. The number of nitrogens with one attached hydrogen (secondary N) is 2. The zero-order chi connectivity index (χ0) is 45.7. The van der Waals surface area contributed by atoms with E-state index in [0.29, 0.717) is 31.6 Å². The molecule has 1 atom stereocenters. The lowest BCUT2D eigenvalue weighted by molar-refractivity contribution is -0.150. The first-order chi connectivity index (χ1) is 30.9. The molecule has 1 heterocycles. The topological polar surface area (TPSA) is 121 Å². The molecule has 0 saturated carbocycles. The van der Waals surface area contributed by atoms with E-state index >= 15 is 0 Å². The van der Waals surface area contributed by atoms with Crippen molar-refractivity contribution in [3.63, 3.8) is 0 Å². The second-order valence-electron chi connectivity index (χ2n) is 18.8. The van der Waals surface area contributed by atoms with Crippen LogP contribution in [0.25, 0.3) is 0 Å². The highest BCUT2D eigenvalue weighted by Crippen LogP contribution is 2.19. The summed E-state index contributed by atoms with van der Waals surface area (Å²) in [7, 11) is 0. The van der Waals surface area contributed by atoms with E-state index in [1.807, 2.05) is 0 Å². The van der Waals surface area contributed by atoms with Gasteiger partial charge in [0.1, 0.15) is 6.10 Å². The first-order valence-corrected chi connectivity index (χ1v) is 27.0. The number of H-pyrrole nitrogens is 1. The molecule has 1 aromatic heterocycles. The summed E-state index contributed by atoms with van der Waals surface area (Å²) < 4.78 is 11.6. The summed E-state index contributed by atoms with van der Waals surface area (Å²) in [5, 5.41) is 13.3. The van der Waals surface area contributed by atoms with Crippen molar-refractivity contribution in [1.29, 1.82) is 0 Å². The summed E-state index contributed by atoms with van der Waals surface area (Å²) in [6.45, 7) is 10.9. The summed E-state index contributed by atoms with van der Waals surface area (Å²) >= 11 is 0. The van der Waals surface area contributed by atoms with E-state index in [1.54, 1.807) is 18.5 Å². The molecule has 1 unspecified atom stereocenters. The van der Waals surface area contributed by atoms with Crippen LogP contribution in [0.15, 0.2) is 18.5 Å². The van der Waals surface area contributed by atoms with Crippen molar-refractivity contribution in [3.8, 4) is 0 Å². The van der Waals surface area contributed by atoms with Crippen molar-refractivity contribution >= 4 is 17.8 Å².